The molecule has 14 heavy (non-hydrogen) atoms. The minimum absolute atomic E-state index is 0.195. The second kappa shape index (κ2) is 5.98. The molecule has 0 bridgehead atoms. The fraction of sp³-hybridized carbons (Fsp3) is 0.900. The van der Waals surface area contributed by atoms with Crippen molar-refractivity contribution >= 4 is 5.91 Å². The molecule has 1 amide bonds. The Bertz CT molecular complexity index is 184. The predicted molar refractivity (Wildman–Crippen MR) is 57.2 cm³/mol. The summed E-state index contributed by atoms with van der Waals surface area (Å²) < 4.78 is 0. The molecule has 1 aliphatic rings. The third kappa shape index (κ3) is 4.07. The number of carbonyl (C=O) groups is 1. The highest BCUT2D eigenvalue weighted by atomic mass is 16.1. The molecule has 1 rings (SSSR count). The van der Waals surface area contributed by atoms with E-state index in [1.807, 2.05) is 7.05 Å². The molecule has 0 radical (unpaired) electrons. The molecule has 82 valence electrons. The quantitative estimate of drug-likeness (QED) is 0.603. The fourth-order valence-corrected chi connectivity index (χ4v) is 1.78. The Kier molecular flexibility index (Phi) is 4.90. The zero-order chi connectivity index (χ0) is 10.4. The Hall–Kier alpha value is -0.610. The van der Waals surface area contributed by atoms with Gasteiger partial charge in [-0.15, -0.1) is 0 Å². The van der Waals surface area contributed by atoms with Crippen LogP contribution in [0.1, 0.15) is 19.3 Å². The number of carbonyl (C=O) groups excluding carboxylic acids is 1. The molecule has 0 aromatic rings. The van der Waals surface area contributed by atoms with E-state index in [0.717, 1.165) is 32.5 Å². The number of likely N-dealkylation sites (tertiary alicyclic amines) is 1. The Balaban J connectivity index is 2.08. The van der Waals surface area contributed by atoms with Gasteiger partial charge in [-0.25, -0.2) is 0 Å². The molecule has 0 aromatic carbocycles. The molecule has 4 nitrogen and oxygen atoms in total. The lowest BCUT2D eigenvalue weighted by molar-refractivity contribution is -0.121. The van der Waals surface area contributed by atoms with Crippen LogP contribution < -0.4 is 10.6 Å². The van der Waals surface area contributed by atoms with E-state index < -0.39 is 0 Å². The lowest BCUT2D eigenvalue weighted by atomic mass is 10.2. The summed E-state index contributed by atoms with van der Waals surface area (Å²) >= 11 is 0. The van der Waals surface area contributed by atoms with Crippen LogP contribution in [0.15, 0.2) is 0 Å². The molecule has 0 aliphatic carbocycles. The third-order valence-corrected chi connectivity index (χ3v) is 2.59. The molecule has 0 spiro atoms. The van der Waals surface area contributed by atoms with Crippen LogP contribution in [0.3, 0.4) is 0 Å². The van der Waals surface area contributed by atoms with Gasteiger partial charge < -0.3 is 15.5 Å². The monoisotopic (exact) mass is 199 g/mol. The van der Waals surface area contributed by atoms with Gasteiger partial charge in [0.05, 0.1) is 0 Å². The van der Waals surface area contributed by atoms with E-state index in [1.165, 1.54) is 0 Å². The number of rotatable bonds is 5. The highest BCUT2D eigenvalue weighted by Gasteiger charge is 2.20. The standard InChI is InChI=1S/C10H21N3O/c1-11-6-3-4-10(14)12-9-5-7-13(2)8-9/h9,11H,3-8H2,1-2H3,(H,12,14). The third-order valence-electron chi connectivity index (χ3n) is 2.59. The van der Waals surface area contributed by atoms with Gasteiger partial charge >= 0.3 is 0 Å². The van der Waals surface area contributed by atoms with E-state index in [9.17, 15) is 4.79 Å². The van der Waals surface area contributed by atoms with Gasteiger partial charge in [0.2, 0.25) is 5.91 Å². The summed E-state index contributed by atoms with van der Waals surface area (Å²) in [4.78, 5) is 13.7. The van der Waals surface area contributed by atoms with Crippen molar-refractivity contribution in [3.05, 3.63) is 0 Å². The van der Waals surface area contributed by atoms with Gasteiger partial charge in [-0.05, 0) is 40.0 Å². The molecule has 1 unspecified atom stereocenters. The van der Waals surface area contributed by atoms with Crippen LogP contribution in [0, 0.1) is 0 Å². The molecule has 1 aliphatic heterocycles. The number of hydrogen-bond acceptors (Lipinski definition) is 3. The molecule has 0 aromatic heterocycles. The van der Waals surface area contributed by atoms with Crippen LogP contribution in [0.4, 0.5) is 0 Å². The van der Waals surface area contributed by atoms with Gasteiger partial charge in [0, 0.05) is 19.0 Å². The van der Waals surface area contributed by atoms with Crippen LogP contribution in [-0.2, 0) is 4.79 Å². The maximum Gasteiger partial charge on any atom is 0.220 e. The molecule has 1 heterocycles. The van der Waals surface area contributed by atoms with Gasteiger partial charge in [-0.1, -0.05) is 0 Å². The number of hydrogen-bond donors (Lipinski definition) is 2. The molecule has 2 N–H and O–H groups in total. The van der Waals surface area contributed by atoms with Crippen molar-refractivity contribution < 1.29 is 4.79 Å². The number of nitrogens with one attached hydrogen (secondary N) is 2. The SMILES string of the molecule is CNCCCC(=O)NC1CCN(C)C1. The van der Waals surface area contributed by atoms with Gasteiger partial charge in [-0.3, -0.25) is 4.79 Å². The van der Waals surface area contributed by atoms with Crippen molar-refractivity contribution in [2.45, 2.75) is 25.3 Å². The molecular formula is C10H21N3O. The summed E-state index contributed by atoms with van der Waals surface area (Å²) in [6.45, 7) is 3.01. The van der Waals surface area contributed by atoms with Crippen molar-refractivity contribution in [1.82, 2.24) is 15.5 Å². The summed E-state index contributed by atoms with van der Waals surface area (Å²) in [6, 6.07) is 0.377. The average molecular weight is 199 g/mol. The minimum atomic E-state index is 0.195. The summed E-state index contributed by atoms with van der Waals surface area (Å²) in [7, 11) is 4.00. The molecule has 4 heteroatoms. The Morgan fingerprint density at radius 2 is 2.36 bits per heavy atom. The first-order chi connectivity index (χ1) is 6.72. The Labute approximate surface area is 86.0 Å². The molecular weight excluding hydrogens is 178 g/mol. The van der Waals surface area contributed by atoms with E-state index in [4.69, 9.17) is 0 Å². The van der Waals surface area contributed by atoms with E-state index in [0.29, 0.717) is 12.5 Å². The van der Waals surface area contributed by atoms with E-state index in [-0.39, 0.29) is 5.91 Å². The van der Waals surface area contributed by atoms with Crippen molar-refractivity contribution in [2.75, 3.05) is 33.7 Å². The second-order valence-corrected chi connectivity index (χ2v) is 4.02. The molecule has 1 saturated heterocycles. The number of likely N-dealkylation sites (N-methyl/N-ethyl adjacent to an activating group) is 1. The fourth-order valence-electron chi connectivity index (χ4n) is 1.78. The summed E-state index contributed by atoms with van der Waals surface area (Å²) in [5.41, 5.74) is 0. The Morgan fingerprint density at radius 1 is 1.57 bits per heavy atom. The second-order valence-electron chi connectivity index (χ2n) is 4.02. The van der Waals surface area contributed by atoms with Gasteiger partial charge in [0.25, 0.3) is 0 Å². The lowest BCUT2D eigenvalue weighted by Crippen LogP contribution is -2.36. The van der Waals surface area contributed by atoms with Crippen LogP contribution >= 0.6 is 0 Å². The zero-order valence-corrected chi connectivity index (χ0v) is 9.18. The number of amides is 1. The first-order valence-corrected chi connectivity index (χ1v) is 5.35. The van der Waals surface area contributed by atoms with Crippen LogP contribution in [-0.4, -0.2) is 50.6 Å². The van der Waals surface area contributed by atoms with E-state index in [1.54, 1.807) is 0 Å². The lowest BCUT2D eigenvalue weighted by Gasteiger charge is -2.12. The van der Waals surface area contributed by atoms with E-state index >= 15 is 0 Å². The smallest absolute Gasteiger partial charge is 0.220 e. The summed E-state index contributed by atoms with van der Waals surface area (Å²) in [6.07, 6.45) is 2.65. The van der Waals surface area contributed by atoms with Gasteiger partial charge in [0.1, 0.15) is 0 Å². The largest absolute Gasteiger partial charge is 0.352 e. The highest BCUT2D eigenvalue weighted by molar-refractivity contribution is 5.76. The first kappa shape index (κ1) is 11.5. The maximum absolute atomic E-state index is 11.4. The molecule has 1 fully saturated rings. The summed E-state index contributed by atoms with van der Waals surface area (Å²) in [5, 5.41) is 6.10. The van der Waals surface area contributed by atoms with Crippen LogP contribution in [0.2, 0.25) is 0 Å². The van der Waals surface area contributed by atoms with Crippen molar-refractivity contribution in [3.63, 3.8) is 0 Å². The topological polar surface area (TPSA) is 44.4 Å². The maximum atomic E-state index is 11.4. The Morgan fingerprint density at radius 3 is 2.93 bits per heavy atom. The minimum Gasteiger partial charge on any atom is -0.352 e. The zero-order valence-electron chi connectivity index (χ0n) is 9.18. The highest BCUT2D eigenvalue weighted by Crippen LogP contribution is 2.06. The normalized spacial score (nSPS) is 22.6. The van der Waals surface area contributed by atoms with Crippen molar-refractivity contribution in [1.29, 1.82) is 0 Å². The molecule has 1 atom stereocenters. The predicted octanol–water partition coefficient (Wildman–Crippen LogP) is -0.194. The first-order valence-electron chi connectivity index (χ1n) is 5.35. The molecule has 0 saturated carbocycles. The van der Waals surface area contributed by atoms with Crippen molar-refractivity contribution in [2.24, 2.45) is 0 Å². The van der Waals surface area contributed by atoms with Crippen LogP contribution in [0.25, 0.3) is 0 Å². The average Bonchev–Trinajstić information content (AvgIpc) is 2.52. The van der Waals surface area contributed by atoms with E-state index in [2.05, 4.69) is 22.6 Å². The number of nitrogens with zero attached hydrogens (tertiary/aromatic N) is 1. The summed E-state index contributed by atoms with van der Waals surface area (Å²) in [5.74, 6) is 0.195. The van der Waals surface area contributed by atoms with Gasteiger partial charge in [0.15, 0.2) is 0 Å². The van der Waals surface area contributed by atoms with Crippen molar-refractivity contribution in [3.8, 4) is 0 Å². The van der Waals surface area contributed by atoms with Crippen LogP contribution in [0.5, 0.6) is 0 Å². The van der Waals surface area contributed by atoms with Gasteiger partial charge in [-0.2, -0.15) is 0 Å².